The minimum atomic E-state index is -0.165. The number of carbonyl (C=O) groups is 1. The van der Waals surface area contributed by atoms with Gasteiger partial charge in [0.15, 0.2) is 5.96 Å². The topological polar surface area (TPSA) is 77.0 Å². The predicted octanol–water partition coefficient (Wildman–Crippen LogP) is 2.15. The maximum absolute atomic E-state index is 12.1. The molecule has 27 heavy (non-hydrogen) atoms. The predicted molar refractivity (Wildman–Crippen MR) is 107 cm³/mol. The van der Waals surface area contributed by atoms with E-state index in [4.69, 9.17) is 0 Å². The van der Waals surface area contributed by atoms with E-state index in [2.05, 4.69) is 51.7 Å². The third-order valence-electron chi connectivity index (χ3n) is 4.55. The zero-order chi connectivity index (χ0) is 19.1. The highest BCUT2D eigenvalue weighted by Gasteiger charge is 2.18. The van der Waals surface area contributed by atoms with Crippen LogP contribution in [0, 0.1) is 0 Å². The van der Waals surface area contributed by atoms with Gasteiger partial charge in [0, 0.05) is 31.7 Å². The van der Waals surface area contributed by atoms with Gasteiger partial charge in [-0.25, -0.2) is 0 Å². The summed E-state index contributed by atoms with van der Waals surface area (Å²) in [6.45, 7) is 5.60. The van der Waals surface area contributed by atoms with Crippen LogP contribution in [0.15, 0.2) is 53.5 Å². The molecule has 2 aromatic carbocycles. The van der Waals surface area contributed by atoms with Crippen LogP contribution in [0.3, 0.4) is 0 Å². The molecule has 0 atom stereocenters. The Hall–Kier alpha value is -3.02. The highest BCUT2D eigenvalue weighted by molar-refractivity contribution is 5.94. The fraction of sp³-hybridized carbons (Fsp3) is 0.333. The van der Waals surface area contributed by atoms with Crippen molar-refractivity contribution in [3.05, 3.63) is 65.2 Å². The monoisotopic (exact) mass is 366 g/mol. The number of hydrogen-bond donors (Lipinski definition) is 3. The van der Waals surface area contributed by atoms with Gasteiger partial charge < -0.3 is 20.6 Å². The molecule has 0 fully saturated rings. The van der Waals surface area contributed by atoms with Crippen molar-refractivity contribution >= 4 is 11.9 Å². The maximum Gasteiger partial charge on any atom is 0.251 e. The fourth-order valence-electron chi connectivity index (χ4n) is 3.15. The van der Waals surface area contributed by atoms with Crippen molar-refractivity contribution in [2.24, 2.45) is 4.99 Å². The van der Waals surface area contributed by atoms with Crippen molar-refractivity contribution in [2.75, 3.05) is 26.2 Å². The van der Waals surface area contributed by atoms with E-state index in [1.165, 1.54) is 23.3 Å². The fourth-order valence-corrected chi connectivity index (χ4v) is 3.15. The third-order valence-corrected chi connectivity index (χ3v) is 4.55. The Morgan fingerprint density at radius 2 is 1.85 bits per heavy atom. The first-order valence-electron chi connectivity index (χ1n) is 9.34. The minimum Gasteiger partial charge on any atom is -0.508 e. The number of benzene rings is 2. The number of nitrogens with one attached hydrogen (secondary N) is 2. The summed E-state index contributed by atoms with van der Waals surface area (Å²) >= 11 is 0. The Balaban J connectivity index is 1.55. The molecule has 0 unspecified atom stereocenters. The zero-order valence-corrected chi connectivity index (χ0v) is 15.6. The van der Waals surface area contributed by atoms with E-state index in [0.717, 1.165) is 32.0 Å². The maximum atomic E-state index is 12.1. The highest BCUT2D eigenvalue weighted by atomic mass is 16.3. The van der Waals surface area contributed by atoms with Crippen LogP contribution in [0.5, 0.6) is 5.75 Å². The van der Waals surface area contributed by atoms with E-state index < -0.39 is 0 Å². The summed E-state index contributed by atoms with van der Waals surface area (Å²) in [7, 11) is 0. The summed E-state index contributed by atoms with van der Waals surface area (Å²) in [6, 6.07) is 14.7. The van der Waals surface area contributed by atoms with Crippen molar-refractivity contribution in [3.63, 3.8) is 0 Å². The van der Waals surface area contributed by atoms with Gasteiger partial charge in [0.1, 0.15) is 5.75 Å². The lowest BCUT2D eigenvalue weighted by atomic mass is 10.0. The standard InChI is InChI=1S/C21H26N4O2/c1-2-22-21(25-14-11-16-5-3-4-6-18(16)15-25)24-13-12-23-20(27)17-7-9-19(26)10-8-17/h3-10,26H,2,11-15H2,1H3,(H,22,24)(H,23,27). The number of phenols is 1. The molecule has 1 aliphatic rings. The molecule has 0 aliphatic carbocycles. The van der Waals surface area contributed by atoms with Crippen LogP contribution in [0.1, 0.15) is 28.4 Å². The van der Waals surface area contributed by atoms with Gasteiger partial charge in [-0.15, -0.1) is 0 Å². The van der Waals surface area contributed by atoms with Gasteiger partial charge in [-0.05, 0) is 48.7 Å². The number of amides is 1. The first-order chi connectivity index (χ1) is 13.2. The molecule has 1 heterocycles. The second-order valence-corrected chi connectivity index (χ2v) is 6.48. The first-order valence-corrected chi connectivity index (χ1v) is 9.34. The second kappa shape index (κ2) is 9.07. The van der Waals surface area contributed by atoms with Crippen molar-refractivity contribution in [1.29, 1.82) is 0 Å². The normalized spacial score (nSPS) is 13.8. The largest absolute Gasteiger partial charge is 0.508 e. The molecule has 0 radical (unpaired) electrons. The van der Waals surface area contributed by atoms with Crippen molar-refractivity contribution in [3.8, 4) is 5.75 Å². The van der Waals surface area contributed by atoms with Crippen LogP contribution in [-0.4, -0.2) is 48.1 Å². The number of phenolic OH excluding ortho intramolecular Hbond substituents is 1. The van der Waals surface area contributed by atoms with Gasteiger partial charge >= 0.3 is 0 Å². The molecule has 6 nitrogen and oxygen atoms in total. The van der Waals surface area contributed by atoms with Crippen LogP contribution in [0.25, 0.3) is 0 Å². The summed E-state index contributed by atoms with van der Waals surface area (Å²) in [6.07, 6.45) is 1.01. The van der Waals surface area contributed by atoms with Crippen molar-refractivity contribution in [1.82, 2.24) is 15.5 Å². The second-order valence-electron chi connectivity index (χ2n) is 6.48. The Morgan fingerprint density at radius 1 is 1.11 bits per heavy atom. The molecule has 0 saturated carbocycles. The van der Waals surface area contributed by atoms with E-state index in [9.17, 15) is 9.90 Å². The smallest absolute Gasteiger partial charge is 0.251 e. The SMILES string of the molecule is CCNC(=NCCNC(=O)c1ccc(O)cc1)N1CCc2ccccc2C1. The summed E-state index contributed by atoms with van der Waals surface area (Å²) in [5.41, 5.74) is 3.28. The quantitative estimate of drug-likeness (QED) is 0.430. The molecule has 3 rings (SSSR count). The summed E-state index contributed by atoms with van der Waals surface area (Å²) in [4.78, 5) is 19.0. The molecular formula is C21H26N4O2. The third kappa shape index (κ3) is 5.00. The number of guanidine groups is 1. The highest BCUT2D eigenvalue weighted by Crippen LogP contribution is 2.18. The van der Waals surface area contributed by atoms with Crippen LogP contribution in [0.2, 0.25) is 0 Å². The summed E-state index contributed by atoms with van der Waals surface area (Å²) in [5.74, 6) is 0.863. The van der Waals surface area contributed by atoms with Crippen molar-refractivity contribution in [2.45, 2.75) is 19.9 Å². The lowest BCUT2D eigenvalue weighted by Crippen LogP contribution is -2.44. The molecule has 6 heteroatoms. The van der Waals surface area contributed by atoms with E-state index in [1.807, 2.05) is 0 Å². The molecule has 0 spiro atoms. The van der Waals surface area contributed by atoms with Crippen LogP contribution >= 0.6 is 0 Å². The van der Waals surface area contributed by atoms with Gasteiger partial charge in [-0.1, -0.05) is 24.3 Å². The molecule has 1 amide bonds. The average Bonchev–Trinajstić information content (AvgIpc) is 2.70. The number of nitrogens with zero attached hydrogens (tertiary/aromatic N) is 2. The molecule has 0 bridgehead atoms. The number of aromatic hydroxyl groups is 1. The van der Waals surface area contributed by atoms with Crippen LogP contribution < -0.4 is 10.6 Å². The number of aliphatic imine (C=N–C) groups is 1. The molecule has 3 N–H and O–H groups in total. The Kier molecular flexibility index (Phi) is 6.30. The summed E-state index contributed by atoms with van der Waals surface area (Å²) < 4.78 is 0. The van der Waals surface area contributed by atoms with Gasteiger partial charge in [-0.2, -0.15) is 0 Å². The molecule has 142 valence electrons. The number of carbonyl (C=O) groups excluding carboxylic acids is 1. The van der Waals surface area contributed by atoms with Crippen LogP contribution in [-0.2, 0) is 13.0 Å². The lowest BCUT2D eigenvalue weighted by Gasteiger charge is -2.31. The van der Waals surface area contributed by atoms with Gasteiger partial charge in [0.05, 0.1) is 6.54 Å². The molecule has 0 aromatic heterocycles. The molecule has 0 saturated heterocycles. The van der Waals surface area contributed by atoms with E-state index >= 15 is 0 Å². The first kappa shape index (κ1) is 18.8. The van der Waals surface area contributed by atoms with Crippen molar-refractivity contribution < 1.29 is 9.90 Å². The van der Waals surface area contributed by atoms with E-state index in [-0.39, 0.29) is 11.7 Å². The minimum absolute atomic E-state index is 0.148. The Morgan fingerprint density at radius 3 is 2.59 bits per heavy atom. The van der Waals surface area contributed by atoms with Gasteiger partial charge in [-0.3, -0.25) is 9.79 Å². The van der Waals surface area contributed by atoms with E-state index in [0.29, 0.717) is 18.7 Å². The summed E-state index contributed by atoms with van der Waals surface area (Å²) in [5, 5.41) is 15.5. The lowest BCUT2D eigenvalue weighted by molar-refractivity contribution is 0.0955. The van der Waals surface area contributed by atoms with E-state index in [1.54, 1.807) is 12.1 Å². The van der Waals surface area contributed by atoms with Gasteiger partial charge in [0.25, 0.3) is 5.91 Å². The molecule has 2 aromatic rings. The molecular weight excluding hydrogens is 340 g/mol. The van der Waals surface area contributed by atoms with Crippen LogP contribution in [0.4, 0.5) is 0 Å². The Labute approximate surface area is 159 Å². The number of fused-ring (bicyclic) bond motifs is 1. The molecule has 1 aliphatic heterocycles. The number of rotatable bonds is 5. The zero-order valence-electron chi connectivity index (χ0n) is 15.6. The average molecular weight is 366 g/mol. The number of hydrogen-bond acceptors (Lipinski definition) is 3. The van der Waals surface area contributed by atoms with Gasteiger partial charge in [0.2, 0.25) is 0 Å². The Bertz CT molecular complexity index is 802.